The minimum atomic E-state index is -0.0974. The van der Waals surface area contributed by atoms with E-state index < -0.39 is 0 Å². The van der Waals surface area contributed by atoms with Crippen molar-refractivity contribution in [3.8, 4) is 5.75 Å². The molecular weight excluding hydrogens is 254 g/mol. The average molecular weight is 277 g/mol. The molecule has 2 N–H and O–H groups in total. The highest BCUT2D eigenvalue weighted by atomic mass is 16.5. The van der Waals surface area contributed by atoms with Gasteiger partial charge in [0.2, 0.25) is 0 Å². The van der Waals surface area contributed by atoms with Gasteiger partial charge in [-0.1, -0.05) is 13.0 Å². The number of hydrogen-bond acceptors (Lipinski definition) is 4. The lowest BCUT2D eigenvalue weighted by atomic mass is 10.1. The molecule has 0 bridgehead atoms. The first kappa shape index (κ1) is 14.8. The Kier molecular flexibility index (Phi) is 4.98. The Balaban J connectivity index is 1.95. The van der Waals surface area contributed by atoms with Crippen LogP contribution in [-0.2, 0) is 4.79 Å². The molecule has 0 aromatic heterocycles. The van der Waals surface area contributed by atoms with E-state index in [2.05, 4.69) is 36.4 Å². The molecule has 20 heavy (non-hydrogen) atoms. The Morgan fingerprint density at radius 3 is 3.05 bits per heavy atom. The van der Waals surface area contributed by atoms with E-state index >= 15 is 0 Å². The molecule has 5 heteroatoms. The predicted molar refractivity (Wildman–Crippen MR) is 80.2 cm³/mol. The molecule has 2 rings (SSSR count). The Labute approximate surface area is 120 Å². The van der Waals surface area contributed by atoms with Crippen molar-refractivity contribution in [2.45, 2.75) is 19.9 Å². The molecule has 0 saturated carbocycles. The van der Waals surface area contributed by atoms with Crippen molar-refractivity contribution >= 4 is 11.6 Å². The molecule has 1 unspecified atom stereocenters. The lowest BCUT2D eigenvalue weighted by Crippen LogP contribution is -2.30. The van der Waals surface area contributed by atoms with Crippen LogP contribution >= 0.6 is 0 Å². The number of carbonyl (C=O) groups excluding carboxylic acids is 1. The summed E-state index contributed by atoms with van der Waals surface area (Å²) in [6.07, 6.45) is 0. The van der Waals surface area contributed by atoms with Gasteiger partial charge in [-0.15, -0.1) is 0 Å². The van der Waals surface area contributed by atoms with Crippen LogP contribution in [0.1, 0.15) is 25.5 Å². The number of anilines is 1. The fraction of sp³-hybridized carbons (Fsp3) is 0.533. The van der Waals surface area contributed by atoms with E-state index in [9.17, 15) is 4.79 Å². The van der Waals surface area contributed by atoms with Gasteiger partial charge >= 0.3 is 0 Å². The Morgan fingerprint density at radius 1 is 1.50 bits per heavy atom. The van der Waals surface area contributed by atoms with Gasteiger partial charge < -0.3 is 20.3 Å². The van der Waals surface area contributed by atoms with Crippen molar-refractivity contribution in [2.75, 3.05) is 38.6 Å². The standard InChI is InChI=1S/C15H23N3O2/c1-4-18(3)8-7-16-11(2)12-5-6-14-13(9-12)17-15(19)10-20-14/h5-6,9,11,16H,4,7-8,10H2,1-3H3,(H,17,19). The third-order valence-corrected chi connectivity index (χ3v) is 3.62. The third kappa shape index (κ3) is 3.71. The van der Waals surface area contributed by atoms with E-state index in [1.165, 1.54) is 0 Å². The number of nitrogens with one attached hydrogen (secondary N) is 2. The monoisotopic (exact) mass is 277 g/mol. The minimum absolute atomic E-state index is 0.0974. The number of likely N-dealkylation sites (N-methyl/N-ethyl adjacent to an activating group) is 1. The lowest BCUT2D eigenvalue weighted by molar-refractivity contribution is -0.118. The summed E-state index contributed by atoms with van der Waals surface area (Å²) in [7, 11) is 2.11. The maximum absolute atomic E-state index is 11.3. The maximum atomic E-state index is 11.3. The highest BCUT2D eigenvalue weighted by Gasteiger charge is 2.17. The number of rotatable bonds is 6. The van der Waals surface area contributed by atoms with Crippen LogP contribution in [-0.4, -0.2) is 44.1 Å². The summed E-state index contributed by atoms with van der Waals surface area (Å²) in [6, 6.07) is 6.18. The van der Waals surface area contributed by atoms with Gasteiger partial charge in [-0.2, -0.15) is 0 Å². The highest BCUT2D eigenvalue weighted by Crippen LogP contribution is 2.30. The summed E-state index contributed by atoms with van der Waals surface area (Å²) in [5, 5.41) is 6.33. The van der Waals surface area contributed by atoms with Gasteiger partial charge in [-0.05, 0) is 38.2 Å². The van der Waals surface area contributed by atoms with Crippen LogP contribution in [0.2, 0.25) is 0 Å². The number of carbonyl (C=O) groups is 1. The second-order valence-corrected chi connectivity index (χ2v) is 5.16. The normalized spacial score (nSPS) is 15.5. The van der Waals surface area contributed by atoms with Crippen LogP contribution in [0, 0.1) is 0 Å². The van der Waals surface area contributed by atoms with Gasteiger partial charge in [0, 0.05) is 19.1 Å². The zero-order valence-electron chi connectivity index (χ0n) is 12.4. The molecule has 110 valence electrons. The number of benzene rings is 1. The van der Waals surface area contributed by atoms with Crippen LogP contribution in [0.25, 0.3) is 0 Å². The summed E-state index contributed by atoms with van der Waals surface area (Å²) in [5.74, 6) is 0.645. The number of ether oxygens (including phenoxy) is 1. The van der Waals surface area contributed by atoms with Crippen LogP contribution in [0.5, 0.6) is 5.75 Å². The molecule has 5 nitrogen and oxygen atoms in total. The molecule has 0 aliphatic carbocycles. The number of amides is 1. The fourth-order valence-corrected chi connectivity index (χ4v) is 2.12. The Hall–Kier alpha value is -1.59. The van der Waals surface area contributed by atoms with E-state index in [0.29, 0.717) is 0 Å². The van der Waals surface area contributed by atoms with Crippen molar-refractivity contribution in [1.29, 1.82) is 0 Å². The van der Waals surface area contributed by atoms with Crippen molar-refractivity contribution in [2.24, 2.45) is 0 Å². The predicted octanol–water partition coefficient (Wildman–Crippen LogP) is 1.62. The minimum Gasteiger partial charge on any atom is -0.482 e. The first-order valence-corrected chi connectivity index (χ1v) is 7.08. The summed E-state index contributed by atoms with van der Waals surface area (Å²) in [6.45, 7) is 7.38. The maximum Gasteiger partial charge on any atom is 0.262 e. The molecule has 0 radical (unpaired) electrons. The van der Waals surface area contributed by atoms with E-state index in [1.54, 1.807) is 0 Å². The van der Waals surface area contributed by atoms with Gasteiger partial charge in [0.15, 0.2) is 6.61 Å². The quantitative estimate of drug-likeness (QED) is 0.829. The second kappa shape index (κ2) is 6.72. The molecule has 1 amide bonds. The van der Waals surface area contributed by atoms with Gasteiger partial charge in [-0.3, -0.25) is 4.79 Å². The van der Waals surface area contributed by atoms with Crippen molar-refractivity contribution in [3.05, 3.63) is 23.8 Å². The van der Waals surface area contributed by atoms with E-state index in [1.807, 2.05) is 18.2 Å². The Bertz CT molecular complexity index is 476. The SMILES string of the molecule is CCN(C)CCNC(C)c1ccc2c(c1)NC(=O)CO2. The number of nitrogens with zero attached hydrogens (tertiary/aromatic N) is 1. The zero-order valence-corrected chi connectivity index (χ0v) is 12.4. The summed E-state index contributed by atoms with van der Waals surface area (Å²) < 4.78 is 5.36. The molecule has 0 spiro atoms. The summed E-state index contributed by atoms with van der Waals surface area (Å²) in [4.78, 5) is 13.6. The van der Waals surface area contributed by atoms with E-state index in [-0.39, 0.29) is 18.6 Å². The van der Waals surface area contributed by atoms with Crippen LogP contribution < -0.4 is 15.4 Å². The first-order valence-electron chi connectivity index (χ1n) is 7.08. The largest absolute Gasteiger partial charge is 0.482 e. The molecule has 1 aliphatic rings. The zero-order chi connectivity index (χ0) is 14.5. The molecular formula is C15H23N3O2. The number of hydrogen-bond donors (Lipinski definition) is 2. The molecule has 1 aromatic carbocycles. The van der Waals surface area contributed by atoms with Gasteiger partial charge in [0.25, 0.3) is 5.91 Å². The Morgan fingerprint density at radius 2 is 2.30 bits per heavy atom. The average Bonchev–Trinajstić information content (AvgIpc) is 2.46. The molecule has 1 heterocycles. The van der Waals surface area contributed by atoms with E-state index in [4.69, 9.17) is 4.74 Å². The van der Waals surface area contributed by atoms with Gasteiger partial charge in [0.1, 0.15) is 5.75 Å². The molecule has 1 aliphatic heterocycles. The van der Waals surface area contributed by atoms with Crippen LogP contribution in [0.4, 0.5) is 5.69 Å². The third-order valence-electron chi connectivity index (χ3n) is 3.62. The van der Waals surface area contributed by atoms with Crippen LogP contribution in [0.3, 0.4) is 0 Å². The van der Waals surface area contributed by atoms with Crippen molar-refractivity contribution < 1.29 is 9.53 Å². The summed E-state index contributed by atoms with van der Waals surface area (Å²) >= 11 is 0. The lowest BCUT2D eigenvalue weighted by Gasteiger charge is -2.21. The van der Waals surface area contributed by atoms with E-state index in [0.717, 1.165) is 36.6 Å². The number of fused-ring (bicyclic) bond motifs is 1. The molecule has 1 atom stereocenters. The van der Waals surface area contributed by atoms with Crippen molar-refractivity contribution in [3.63, 3.8) is 0 Å². The molecule has 0 fully saturated rings. The second-order valence-electron chi connectivity index (χ2n) is 5.16. The van der Waals surface area contributed by atoms with Crippen molar-refractivity contribution in [1.82, 2.24) is 10.2 Å². The first-order chi connectivity index (χ1) is 9.60. The van der Waals surface area contributed by atoms with Gasteiger partial charge in [-0.25, -0.2) is 0 Å². The van der Waals surface area contributed by atoms with Gasteiger partial charge in [0.05, 0.1) is 5.69 Å². The highest BCUT2D eigenvalue weighted by molar-refractivity contribution is 5.95. The fourth-order valence-electron chi connectivity index (χ4n) is 2.12. The van der Waals surface area contributed by atoms with Crippen LogP contribution in [0.15, 0.2) is 18.2 Å². The summed E-state index contributed by atoms with van der Waals surface area (Å²) in [5.41, 5.74) is 1.91. The molecule has 0 saturated heterocycles. The molecule has 1 aromatic rings. The topological polar surface area (TPSA) is 53.6 Å². The smallest absolute Gasteiger partial charge is 0.262 e.